The van der Waals surface area contributed by atoms with Gasteiger partial charge in [-0.15, -0.1) is 10.2 Å². The first-order valence-corrected chi connectivity index (χ1v) is 15.7. The van der Waals surface area contributed by atoms with E-state index >= 15 is 0 Å². The van der Waals surface area contributed by atoms with Gasteiger partial charge < -0.3 is 4.40 Å². The summed E-state index contributed by atoms with van der Waals surface area (Å²) in [6.45, 7) is 0. The summed E-state index contributed by atoms with van der Waals surface area (Å²) in [5.41, 5.74) is 7.99. The molecule has 0 saturated carbocycles. The monoisotopic (exact) mass is 584 g/mol. The summed E-state index contributed by atoms with van der Waals surface area (Å²) in [6.07, 6.45) is 0. The molecule has 46 heavy (non-hydrogen) atoms. The van der Waals surface area contributed by atoms with E-state index in [2.05, 4.69) is 148 Å². The van der Waals surface area contributed by atoms with Gasteiger partial charge in [-0.25, -0.2) is 0 Å². The Bertz CT molecular complexity index is 3020. The van der Waals surface area contributed by atoms with E-state index in [1.807, 2.05) is 6.07 Å². The molecule has 0 unspecified atom stereocenters. The van der Waals surface area contributed by atoms with Gasteiger partial charge in [0.1, 0.15) is 5.69 Å². The van der Waals surface area contributed by atoms with E-state index in [0.29, 0.717) is 0 Å². The number of hydrogen-bond donors (Lipinski definition) is 0. The Hall–Kier alpha value is -6.26. The van der Waals surface area contributed by atoms with Crippen LogP contribution < -0.4 is 0 Å². The molecule has 0 aliphatic carbocycles. The fourth-order valence-electron chi connectivity index (χ4n) is 8.06. The van der Waals surface area contributed by atoms with Crippen LogP contribution in [0.3, 0.4) is 0 Å². The van der Waals surface area contributed by atoms with E-state index in [1.165, 1.54) is 59.6 Å². The number of hydrogen-bond acceptors (Lipinski definition) is 2. The van der Waals surface area contributed by atoms with Crippen LogP contribution in [-0.2, 0) is 0 Å². The predicted octanol–water partition coefficient (Wildman–Crippen LogP) is 10.7. The molecule has 0 saturated heterocycles. The highest BCUT2D eigenvalue weighted by Gasteiger charge is 2.26. The lowest BCUT2D eigenvalue weighted by atomic mass is 10.0. The van der Waals surface area contributed by atoms with Crippen molar-refractivity contribution in [3.63, 3.8) is 0 Å². The van der Waals surface area contributed by atoms with Crippen LogP contribution in [0.5, 0.6) is 0 Å². The smallest absolute Gasteiger partial charge is 0.168 e. The molecule has 4 heteroatoms. The molecule has 7 aromatic carbocycles. The van der Waals surface area contributed by atoms with Crippen molar-refractivity contribution in [1.29, 1.82) is 0 Å². The van der Waals surface area contributed by atoms with Gasteiger partial charge in [0, 0.05) is 54.0 Å². The van der Waals surface area contributed by atoms with E-state index in [9.17, 15) is 0 Å². The predicted molar refractivity (Wildman–Crippen MR) is 191 cm³/mol. The topological polar surface area (TPSA) is 35.1 Å². The van der Waals surface area contributed by atoms with Gasteiger partial charge in [0.2, 0.25) is 0 Å². The Morgan fingerprint density at radius 2 is 1.04 bits per heavy atom. The minimum Gasteiger partial charge on any atom is -0.308 e. The van der Waals surface area contributed by atoms with Gasteiger partial charge in [0.05, 0.1) is 27.6 Å². The van der Waals surface area contributed by atoms with Gasteiger partial charge in [0.15, 0.2) is 5.82 Å². The largest absolute Gasteiger partial charge is 0.308 e. The lowest BCUT2D eigenvalue weighted by molar-refractivity contribution is 0.978. The van der Waals surface area contributed by atoms with E-state index in [1.54, 1.807) is 0 Å². The molecule has 11 aromatic rings. The lowest BCUT2D eigenvalue weighted by Crippen LogP contribution is -2.03. The van der Waals surface area contributed by atoms with E-state index in [0.717, 1.165) is 38.9 Å². The number of aromatic nitrogens is 4. The van der Waals surface area contributed by atoms with Crippen molar-refractivity contribution in [2.75, 3.05) is 0 Å². The molecule has 0 amide bonds. The Balaban J connectivity index is 1.42. The molecule has 4 heterocycles. The zero-order valence-corrected chi connectivity index (χ0v) is 24.6. The van der Waals surface area contributed by atoms with Gasteiger partial charge in [0.25, 0.3) is 0 Å². The molecule has 0 aliphatic rings. The second-order valence-corrected chi connectivity index (χ2v) is 12.2. The van der Waals surface area contributed by atoms with Crippen molar-refractivity contribution in [2.24, 2.45) is 0 Å². The molecule has 0 fully saturated rings. The van der Waals surface area contributed by atoms with Crippen LogP contribution in [0, 0.1) is 0 Å². The highest BCUT2D eigenvalue weighted by molar-refractivity contribution is 6.37. The molecule has 212 valence electrons. The number of nitrogens with zero attached hydrogens (tertiary/aromatic N) is 4. The first-order valence-electron chi connectivity index (χ1n) is 15.7. The fourth-order valence-corrected chi connectivity index (χ4v) is 8.06. The second kappa shape index (κ2) is 8.68. The normalized spacial score (nSPS) is 12.3. The Labute approximate surface area is 262 Å². The number of para-hydroxylation sites is 2. The first-order chi connectivity index (χ1) is 22.9. The van der Waals surface area contributed by atoms with E-state index in [-0.39, 0.29) is 0 Å². The van der Waals surface area contributed by atoms with Gasteiger partial charge in [-0.05, 0) is 23.6 Å². The first kappa shape index (κ1) is 24.1. The third-order valence-corrected chi connectivity index (χ3v) is 9.91. The Kier molecular flexibility index (Phi) is 4.55. The minimum absolute atomic E-state index is 0.841. The van der Waals surface area contributed by atoms with Crippen LogP contribution in [0.1, 0.15) is 0 Å². The third-order valence-electron chi connectivity index (χ3n) is 9.91. The van der Waals surface area contributed by atoms with E-state index < -0.39 is 0 Å². The quantitative estimate of drug-likeness (QED) is 0.203. The molecule has 4 aromatic heterocycles. The highest BCUT2D eigenvalue weighted by atomic mass is 15.2. The SMILES string of the molecule is c1ccc(-c2nnc(-n3c4cc5c6ccccc6n6c7ccccc7c(c4c4ccc7ccccc7c43)c56)c3ccccc23)cc1. The fraction of sp³-hybridized carbons (Fsp3) is 0. The zero-order chi connectivity index (χ0) is 29.9. The molecule has 0 radical (unpaired) electrons. The Morgan fingerprint density at radius 3 is 1.87 bits per heavy atom. The highest BCUT2D eigenvalue weighted by Crippen LogP contribution is 2.48. The Morgan fingerprint density at radius 1 is 0.391 bits per heavy atom. The van der Waals surface area contributed by atoms with Gasteiger partial charge in [-0.3, -0.25) is 4.57 Å². The molecular formula is C42H24N4. The molecular weight excluding hydrogens is 560 g/mol. The average molecular weight is 585 g/mol. The molecule has 4 nitrogen and oxygen atoms in total. The van der Waals surface area contributed by atoms with Crippen LogP contribution in [0.15, 0.2) is 146 Å². The summed E-state index contributed by atoms with van der Waals surface area (Å²) >= 11 is 0. The van der Waals surface area contributed by atoms with Crippen LogP contribution >= 0.6 is 0 Å². The van der Waals surface area contributed by atoms with Crippen LogP contribution in [0.4, 0.5) is 0 Å². The molecule has 0 atom stereocenters. The summed E-state index contributed by atoms with van der Waals surface area (Å²) in [5, 5.41) is 22.1. The standard InChI is InChI=1S/C42H24N4/c1-2-13-26(14-3-1)39-29-17-6-7-18-30(29)42(44-43-39)46-36-24-33-28-16-8-10-20-34(28)45-35-21-11-9-19-31(35)38(41(33)45)37(36)32-23-22-25-12-4-5-15-27(25)40(32)46/h1-24H. The summed E-state index contributed by atoms with van der Waals surface area (Å²) in [4.78, 5) is 0. The van der Waals surface area contributed by atoms with Crippen molar-refractivity contribution in [3.05, 3.63) is 146 Å². The molecule has 0 N–H and O–H groups in total. The maximum atomic E-state index is 5.08. The molecule has 0 spiro atoms. The van der Waals surface area contributed by atoms with Crippen molar-refractivity contribution in [2.45, 2.75) is 0 Å². The van der Waals surface area contributed by atoms with Crippen molar-refractivity contribution in [3.8, 4) is 17.1 Å². The van der Waals surface area contributed by atoms with E-state index in [4.69, 9.17) is 10.2 Å². The minimum atomic E-state index is 0.841. The lowest BCUT2D eigenvalue weighted by Gasteiger charge is -2.13. The molecule has 0 bridgehead atoms. The third kappa shape index (κ3) is 2.94. The van der Waals surface area contributed by atoms with Gasteiger partial charge in [-0.1, -0.05) is 127 Å². The van der Waals surface area contributed by atoms with Crippen molar-refractivity contribution in [1.82, 2.24) is 19.2 Å². The summed E-state index contributed by atoms with van der Waals surface area (Å²) in [7, 11) is 0. The van der Waals surface area contributed by atoms with Crippen LogP contribution in [0.2, 0.25) is 0 Å². The maximum Gasteiger partial charge on any atom is 0.168 e. The average Bonchev–Trinajstić information content (AvgIpc) is 3.76. The molecule has 11 rings (SSSR count). The number of benzene rings is 7. The second-order valence-electron chi connectivity index (χ2n) is 12.2. The van der Waals surface area contributed by atoms with Crippen molar-refractivity contribution >= 4 is 81.4 Å². The summed E-state index contributed by atoms with van der Waals surface area (Å²) in [5.74, 6) is 0.841. The summed E-state index contributed by atoms with van der Waals surface area (Å²) in [6, 6.07) is 52.2. The number of rotatable bonds is 2. The van der Waals surface area contributed by atoms with Crippen LogP contribution in [0.25, 0.3) is 98.5 Å². The molecule has 0 aliphatic heterocycles. The number of fused-ring (bicyclic) bond motifs is 13. The van der Waals surface area contributed by atoms with Gasteiger partial charge in [-0.2, -0.15) is 0 Å². The van der Waals surface area contributed by atoms with Crippen molar-refractivity contribution < 1.29 is 0 Å². The maximum absolute atomic E-state index is 5.08. The van der Waals surface area contributed by atoms with Gasteiger partial charge >= 0.3 is 0 Å². The summed E-state index contributed by atoms with van der Waals surface area (Å²) < 4.78 is 4.85. The van der Waals surface area contributed by atoms with Crippen LogP contribution in [-0.4, -0.2) is 19.2 Å². The zero-order valence-electron chi connectivity index (χ0n) is 24.6.